The monoisotopic (exact) mass is 520 g/mol. The van der Waals surface area contributed by atoms with Crippen molar-refractivity contribution in [3.63, 3.8) is 0 Å². The molecular weight excluding hydrogens is 495 g/mol. The van der Waals surface area contributed by atoms with Crippen LogP contribution < -0.4 is 9.64 Å². The number of halogens is 1. The van der Waals surface area contributed by atoms with E-state index in [-0.39, 0.29) is 24.8 Å². The summed E-state index contributed by atoms with van der Waals surface area (Å²) in [5.41, 5.74) is 1.69. The summed E-state index contributed by atoms with van der Waals surface area (Å²) in [4.78, 5) is 21.9. The summed E-state index contributed by atoms with van der Waals surface area (Å²) in [5.74, 6) is -0.252. The van der Waals surface area contributed by atoms with E-state index in [2.05, 4.69) is 6.07 Å². The minimum absolute atomic E-state index is 0.0133. The molecule has 8 nitrogen and oxygen atoms in total. The van der Waals surface area contributed by atoms with Gasteiger partial charge in [0.15, 0.2) is 17.7 Å². The van der Waals surface area contributed by atoms with Gasteiger partial charge in [-0.15, -0.1) is 0 Å². The zero-order valence-electron chi connectivity index (χ0n) is 20.6. The standard InChI is InChI=1S/C27H25FN4O4S/c1-16-26(34)32(15-27(2)14-31-12-17(11-29)4-7-24(31)30-27)22-9-20(8-21(28)25(22)36-16)18-5-6-19(13-33)23(10-18)37(3)35/h4-10,12,16,33H,13-15H2,1-3H3/t16-,27?,37-/m1/s1. The van der Waals surface area contributed by atoms with Gasteiger partial charge < -0.3 is 19.6 Å². The van der Waals surface area contributed by atoms with Crippen LogP contribution in [0, 0.1) is 17.1 Å². The van der Waals surface area contributed by atoms with Crippen LogP contribution in [0.2, 0.25) is 0 Å². The lowest BCUT2D eigenvalue weighted by Gasteiger charge is -2.37. The number of rotatable bonds is 5. The summed E-state index contributed by atoms with van der Waals surface area (Å²) >= 11 is 0. The molecule has 0 spiro atoms. The Kier molecular flexibility index (Phi) is 6.22. The highest BCUT2D eigenvalue weighted by Crippen LogP contribution is 2.42. The maximum absolute atomic E-state index is 15.4. The lowest BCUT2D eigenvalue weighted by atomic mass is 9.98. The molecule has 0 bridgehead atoms. The second-order valence-corrected chi connectivity index (χ2v) is 10.9. The number of carbonyl (C=O) groups excluding carboxylic acids is 1. The number of ether oxygens (including phenoxy) is 1. The van der Waals surface area contributed by atoms with Crippen molar-refractivity contribution < 1.29 is 23.2 Å². The van der Waals surface area contributed by atoms with E-state index < -0.39 is 28.3 Å². The number of fused-ring (bicyclic) bond motifs is 2. The van der Waals surface area contributed by atoms with E-state index >= 15 is 4.39 Å². The van der Waals surface area contributed by atoms with Gasteiger partial charge >= 0.3 is 0 Å². The minimum atomic E-state index is -1.36. The Labute approximate surface area is 216 Å². The maximum Gasteiger partial charge on any atom is 0.267 e. The quantitative estimate of drug-likeness (QED) is 0.649. The number of aliphatic hydroxyl groups excluding tert-OH is 1. The lowest BCUT2D eigenvalue weighted by molar-refractivity contribution is -0.125. The Morgan fingerprint density at radius 2 is 2.08 bits per heavy atom. The van der Waals surface area contributed by atoms with E-state index in [0.29, 0.717) is 45.2 Å². The van der Waals surface area contributed by atoms with Crippen LogP contribution in [0.15, 0.2) is 64.1 Å². The molecule has 10 heteroatoms. The number of amides is 1. The van der Waals surface area contributed by atoms with Crippen molar-refractivity contribution in [3.05, 3.63) is 65.6 Å². The molecule has 3 atom stereocenters. The zero-order valence-corrected chi connectivity index (χ0v) is 21.4. The maximum atomic E-state index is 15.4. The molecule has 3 aliphatic heterocycles. The Bertz CT molecular complexity index is 1480. The molecule has 1 unspecified atom stereocenters. The van der Waals surface area contributed by atoms with E-state index in [0.717, 1.165) is 0 Å². The second kappa shape index (κ2) is 9.25. The fourth-order valence-electron chi connectivity index (χ4n) is 4.86. The molecule has 0 aromatic heterocycles. The number of nitrogens with zero attached hydrogens (tertiary/aromatic N) is 4. The summed E-state index contributed by atoms with van der Waals surface area (Å²) in [6.45, 7) is 3.85. The van der Waals surface area contributed by atoms with Crippen LogP contribution in [0.5, 0.6) is 5.75 Å². The number of hydrogen-bond donors (Lipinski definition) is 1. The number of hydrogen-bond acceptors (Lipinski definition) is 7. The topological polar surface area (TPSA) is 106 Å². The van der Waals surface area contributed by atoms with Crippen LogP contribution in [0.4, 0.5) is 10.1 Å². The van der Waals surface area contributed by atoms with Crippen LogP contribution in [0.25, 0.3) is 11.1 Å². The third kappa shape index (κ3) is 4.45. The number of nitriles is 1. The molecule has 0 radical (unpaired) electrons. The van der Waals surface area contributed by atoms with Gasteiger partial charge in [-0.25, -0.2) is 4.39 Å². The summed E-state index contributed by atoms with van der Waals surface area (Å²) in [7, 11) is -1.36. The zero-order chi connectivity index (χ0) is 26.5. The fraction of sp³-hybridized carbons (Fsp3) is 0.296. The first-order valence-corrected chi connectivity index (χ1v) is 13.2. The van der Waals surface area contributed by atoms with Crippen LogP contribution in [0.3, 0.4) is 0 Å². The third-order valence-electron chi connectivity index (χ3n) is 6.63. The summed E-state index contributed by atoms with van der Waals surface area (Å²) in [5, 5.41) is 18.8. The van der Waals surface area contributed by atoms with Gasteiger partial charge in [-0.3, -0.25) is 14.0 Å². The van der Waals surface area contributed by atoms with Crippen molar-refractivity contribution in [1.82, 2.24) is 4.90 Å². The first-order chi connectivity index (χ1) is 17.6. The van der Waals surface area contributed by atoms with E-state index in [4.69, 9.17) is 9.73 Å². The lowest BCUT2D eigenvalue weighted by Crippen LogP contribution is -2.51. The second-order valence-electron chi connectivity index (χ2n) is 9.55. The first-order valence-electron chi connectivity index (χ1n) is 11.7. The Balaban J connectivity index is 1.55. The van der Waals surface area contributed by atoms with Gasteiger partial charge in [-0.2, -0.15) is 5.26 Å². The molecule has 37 heavy (non-hydrogen) atoms. The molecular formula is C27H25FN4O4S. The predicted molar refractivity (Wildman–Crippen MR) is 138 cm³/mol. The first kappa shape index (κ1) is 24.9. The molecule has 0 saturated carbocycles. The largest absolute Gasteiger partial charge is 0.476 e. The number of benzene rings is 2. The van der Waals surface area contributed by atoms with E-state index in [9.17, 15) is 19.4 Å². The Hall–Kier alpha value is -3.81. The Morgan fingerprint density at radius 3 is 2.78 bits per heavy atom. The van der Waals surface area contributed by atoms with Gasteiger partial charge in [0.2, 0.25) is 0 Å². The molecule has 0 saturated heterocycles. The summed E-state index contributed by atoms with van der Waals surface area (Å²) in [6.07, 6.45) is 5.83. The van der Waals surface area contributed by atoms with Gasteiger partial charge in [-0.1, -0.05) is 12.1 Å². The van der Waals surface area contributed by atoms with Gasteiger partial charge in [0.25, 0.3) is 5.91 Å². The third-order valence-corrected chi connectivity index (χ3v) is 7.63. The van der Waals surface area contributed by atoms with E-state index in [1.165, 1.54) is 17.2 Å². The van der Waals surface area contributed by atoms with Crippen molar-refractivity contribution in [2.75, 3.05) is 24.2 Å². The Morgan fingerprint density at radius 1 is 1.30 bits per heavy atom. The molecule has 0 fully saturated rings. The predicted octanol–water partition coefficient (Wildman–Crippen LogP) is 3.29. The smallest absolute Gasteiger partial charge is 0.267 e. The molecule has 1 amide bonds. The van der Waals surface area contributed by atoms with Crippen LogP contribution in [-0.4, -0.2) is 56.9 Å². The van der Waals surface area contributed by atoms with Crippen LogP contribution in [-0.2, 0) is 22.2 Å². The molecule has 190 valence electrons. The number of allylic oxidation sites excluding steroid dienone is 2. The SMILES string of the molecule is C[C@H]1Oc2c(F)cc(-c3ccc(CO)c([S@@](C)=O)c3)cc2N(CC2(C)CN3C=C(C#N)C=CC3=N2)C1=O. The van der Waals surface area contributed by atoms with Crippen molar-refractivity contribution >= 4 is 28.2 Å². The van der Waals surface area contributed by atoms with Gasteiger partial charge in [0.1, 0.15) is 11.9 Å². The number of amidine groups is 1. The molecule has 3 heterocycles. The summed E-state index contributed by atoms with van der Waals surface area (Å²) < 4.78 is 33.3. The minimum Gasteiger partial charge on any atom is -0.476 e. The fourth-order valence-corrected chi connectivity index (χ4v) is 5.65. The normalized spacial score (nSPS) is 23.0. The van der Waals surface area contributed by atoms with Crippen molar-refractivity contribution in [2.24, 2.45) is 4.99 Å². The average Bonchev–Trinajstić information content (AvgIpc) is 3.21. The summed E-state index contributed by atoms with van der Waals surface area (Å²) in [6, 6.07) is 10.2. The highest BCUT2D eigenvalue weighted by molar-refractivity contribution is 7.84. The number of carbonyl (C=O) groups is 1. The van der Waals surface area contributed by atoms with Gasteiger partial charge in [0, 0.05) is 17.4 Å². The average molecular weight is 521 g/mol. The molecule has 5 rings (SSSR count). The molecule has 3 aliphatic rings. The molecule has 1 N–H and O–H groups in total. The van der Waals surface area contributed by atoms with Crippen molar-refractivity contribution in [1.29, 1.82) is 5.26 Å². The highest BCUT2D eigenvalue weighted by Gasteiger charge is 2.42. The highest BCUT2D eigenvalue weighted by atomic mass is 32.2. The number of aliphatic hydroxyl groups is 1. The molecule has 2 aromatic rings. The van der Waals surface area contributed by atoms with Crippen LogP contribution in [0.1, 0.15) is 19.4 Å². The molecule has 2 aromatic carbocycles. The van der Waals surface area contributed by atoms with E-state index in [1.54, 1.807) is 49.5 Å². The van der Waals surface area contributed by atoms with Crippen molar-refractivity contribution in [2.45, 2.75) is 37.0 Å². The number of anilines is 1. The van der Waals surface area contributed by atoms with Gasteiger partial charge in [0.05, 0.1) is 47.3 Å². The molecule has 0 aliphatic carbocycles. The number of aliphatic imine (C=N–C) groups is 1. The van der Waals surface area contributed by atoms with Crippen LogP contribution >= 0.6 is 0 Å². The van der Waals surface area contributed by atoms with Crippen molar-refractivity contribution in [3.8, 4) is 22.9 Å². The van der Waals surface area contributed by atoms with Gasteiger partial charge in [-0.05, 0) is 60.9 Å². The van der Waals surface area contributed by atoms with E-state index in [1.807, 2.05) is 11.8 Å².